The molecule has 0 amide bonds. The number of fused-ring (bicyclic) bond motifs is 1. The molecule has 0 aliphatic carbocycles. The average Bonchev–Trinajstić information content (AvgIpc) is 3.01. The number of anilines is 1. The van der Waals surface area contributed by atoms with Crippen molar-refractivity contribution >= 4 is 16.7 Å². The highest BCUT2D eigenvalue weighted by molar-refractivity contribution is 5.88. The SMILES string of the molecule is Cc1cc(Cn2cc3c(NCC(C)C)nccc3n2)ccc1OCC(C)(F)F. The zero-order chi connectivity index (χ0) is 20.3. The van der Waals surface area contributed by atoms with E-state index in [-0.39, 0.29) is 0 Å². The summed E-state index contributed by atoms with van der Waals surface area (Å²) >= 11 is 0. The van der Waals surface area contributed by atoms with E-state index in [1.165, 1.54) is 0 Å². The van der Waals surface area contributed by atoms with Crippen molar-refractivity contribution in [2.45, 2.75) is 40.2 Å². The van der Waals surface area contributed by atoms with Crippen LogP contribution in [0.5, 0.6) is 5.75 Å². The lowest BCUT2D eigenvalue weighted by Crippen LogP contribution is -2.21. The Balaban J connectivity index is 1.75. The Morgan fingerprint density at radius 1 is 1.25 bits per heavy atom. The fourth-order valence-electron chi connectivity index (χ4n) is 2.88. The van der Waals surface area contributed by atoms with Crippen LogP contribution in [0.25, 0.3) is 10.9 Å². The zero-order valence-corrected chi connectivity index (χ0v) is 16.7. The maximum Gasteiger partial charge on any atom is 0.278 e. The molecule has 0 saturated carbocycles. The average molecular weight is 388 g/mol. The molecule has 0 radical (unpaired) electrons. The Hall–Kier alpha value is -2.70. The maximum atomic E-state index is 13.0. The minimum atomic E-state index is -2.85. The molecule has 0 saturated heterocycles. The number of alkyl halides is 2. The number of aryl methyl sites for hydroxylation is 1. The van der Waals surface area contributed by atoms with Crippen LogP contribution in [-0.2, 0) is 6.54 Å². The predicted molar refractivity (Wildman–Crippen MR) is 107 cm³/mol. The molecule has 5 nitrogen and oxygen atoms in total. The first-order valence-corrected chi connectivity index (χ1v) is 9.37. The summed E-state index contributed by atoms with van der Waals surface area (Å²) in [6.45, 7) is 7.78. The van der Waals surface area contributed by atoms with Crippen molar-refractivity contribution in [1.82, 2.24) is 14.8 Å². The van der Waals surface area contributed by atoms with Gasteiger partial charge in [-0.1, -0.05) is 26.0 Å². The number of nitrogens with one attached hydrogen (secondary N) is 1. The van der Waals surface area contributed by atoms with Crippen molar-refractivity contribution in [3.8, 4) is 5.75 Å². The molecule has 1 N–H and O–H groups in total. The summed E-state index contributed by atoms with van der Waals surface area (Å²) in [7, 11) is 0. The number of rotatable bonds is 8. The van der Waals surface area contributed by atoms with Crippen LogP contribution in [0.1, 0.15) is 31.9 Å². The summed E-state index contributed by atoms with van der Waals surface area (Å²) in [4.78, 5) is 4.42. The van der Waals surface area contributed by atoms with Gasteiger partial charge in [0.05, 0.1) is 17.4 Å². The number of benzene rings is 1. The minimum absolute atomic E-state index is 0.472. The van der Waals surface area contributed by atoms with Crippen LogP contribution < -0.4 is 10.1 Å². The van der Waals surface area contributed by atoms with Crippen molar-refractivity contribution in [3.63, 3.8) is 0 Å². The first kappa shape index (κ1) is 20.0. The normalized spacial score (nSPS) is 12.0. The second kappa shape index (κ2) is 8.12. The van der Waals surface area contributed by atoms with Gasteiger partial charge in [-0.05, 0) is 36.1 Å². The van der Waals surface area contributed by atoms with Gasteiger partial charge >= 0.3 is 0 Å². The highest BCUT2D eigenvalue weighted by atomic mass is 19.3. The van der Waals surface area contributed by atoms with Crippen LogP contribution in [-0.4, -0.2) is 33.8 Å². The summed E-state index contributed by atoms with van der Waals surface area (Å²) in [5.74, 6) is -1.03. The van der Waals surface area contributed by atoms with E-state index in [4.69, 9.17) is 4.74 Å². The van der Waals surface area contributed by atoms with Crippen molar-refractivity contribution in [3.05, 3.63) is 47.8 Å². The fraction of sp³-hybridized carbons (Fsp3) is 0.429. The minimum Gasteiger partial charge on any atom is -0.487 e. The van der Waals surface area contributed by atoms with E-state index < -0.39 is 12.5 Å². The molecule has 0 fully saturated rings. The topological polar surface area (TPSA) is 52.0 Å². The van der Waals surface area contributed by atoms with E-state index in [2.05, 4.69) is 29.2 Å². The molecular formula is C21H26F2N4O. The Labute approximate surface area is 163 Å². The van der Waals surface area contributed by atoms with Gasteiger partial charge in [0.15, 0.2) is 6.61 Å². The Bertz CT molecular complexity index is 947. The molecule has 3 aromatic rings. The molecule has 0 bridgehead atoms. The van der Waals surface area contributed by atoms with Crippen molar-refractivity contribution in [1.29, 1.82) is 0 Å². The summed E-state index contributed by atoms with van der Waals surface area (Å²) in [6.07, 6.45) is 3.73. The van der Waals surface area contributed by atoms with Crippen molar-refractivity contribution < 1.29 is 13.5 Å². The first-order valence-electron chi connectivity index (χ1n) is 9.37. The predicted octanol–water partition coefficient (Wildman–Crippen LogP) is 4.89. The summed E-state index contributed by atoms with van der Waals surface area (Å²) in [6, 6.07) is 7.43. The fourth-order valence-corrected chi connectivity index (χ4v) is 2.88. The summed E-state index contributed by atoms with van der Waals surface area (Å²) in [5, 5.41) is 8.96. The molecule has 3 rings (SSSR count). The van der Waals surface area contributed by atoms with Gasteiger partial charge in [-0.15, -0.1) is 0 Å². The molecule has 0 unspecified atom stereocenters. The lowest BCUT2D eigenvalue weighted by molar-refractivity contribution is -0.0231. The van der Waals surface area contributed by atoms with E-state index in [0.29, 0.717) is 18.2 Å². The maximum absolute atomic E-state index is 13.0. The molecule has 0 aliphatic heterocycles. The molecule has 0 aliphatic rings. The van der Waals surface area contributed by atoms with Crippen molar-refractivity contribution in [2.75, 3.05) is 18.5 Å². The van der Waals surface area contributed by atoms with Gasteiger partial charge in [0.2, 0.25) is 0 Å². The van der Waals surface area contributed by atoms with Crippen LogP contribution in [0, 0.1) is 12.8 Å². The number of ether oxygens (including phenoxy) is 1. The number of hydrogen-bond donors (Lipinski definition) is 1. The van der Waals surface area contributed by atoms with Crippen LogP contribution in [0.3, 0.4) is 0 Å². The van der Waals surface area contributed by atoms with Gasteiger partial charge < -0.3 is 10.1 Å². The monoisotopic (exact) mass is 388 g/mol. The molecule has 1 aromatic carbocycles. The van der Waals surface area contributed by atoms with Crippen molar-refractivity contribution in [2.24, 2.45) is 5.92 Å². The Morgan fingerprint density at radius 2 is 2.04 bits per heavy atom. The van der Waals surface area contributed by atoms with Gasteiger partial charge in [0.25, 0.3) is 5.92 Å². The third kappa shape index (κ3) is 5.18. The number of aromatic nitrogens is 3. The number of halogens is 2. The Morgan fingerprint density at radius 3 is 2.71 bits per heavy atom. The number of hydrogen-bond acceptors (Lipinski definition) is 4. The number of nitrogens with zero attached hydrogens (tertiary/aromatic N) is 3. The van der Waals surface area contributed by atoms with Gasteiger partial charge in [-0.25, -0.2) is 13.8 Å². The van der Waals surface area contributed by atoms with E-state index in [1.54, 1.807) is 12.3 Å². The largest absolute Gasteiger partial charge is 0.487 e. The van der Waals surface area contributed by atoms with Gasteiger partial charge in [0.1, 0.15) is 11.6 Å². The van der Waals surface area contributed by atoms with Crippen LogP contribution in [0.15, 0.2) is 36.7 Å². The second-order valence-electron chi connectivity index (χ2n) is 7.65. The molecule has 7 heteroatoms. The Kier molecular flexibility index (Phi) is 5.82. The van der Waals surface area contributed by atoms with E-state index in [0.717, 1.165) is 41.3 Å². The van der Waals surface area contributed by atoms with E-state index >= 15 is 0 Å². The first-order chi connectivity index (χ1) is 13.2. The summed E-state index contributed by atoms with van der Waals surface area (Å²) < 4.78 is 33.1. The molecule has 2 aromatic heterocycles. The zero-order valence-electron chi connectivity index (χ0n) is 16.7. The lowest BCUT2D eigenvalue weighted by atomic mass is 10.1. The smallest absolute Gasteiger partial charge is 0.278 e. The molecular weight excluding hydrogens is 362 g/mol. The van der Waals surface area contributed by atoms with Gasteiger partial charge in [-0.3, -0.25) is 4.68 Å². The highest BCUT2D eigenvalue weighted by Crippen LogP contribution is 2.24. The lowest BCUT2D eigenvalue weighted by Gasteiger charge is -2.14. The third-order valence-electron chi connectivity index (χ3n) is 4.22. The summed E-state index contributed by atoms with van der Waals surface area (Å²) in [5.41, 5.74) is 2.72. The van der Waals surface area contributed by atoms with E-state index in [9.17, 15) is 8.78 Å². The molecule has 0 spiro atoms. The van der Waals surface area contributed by atoms with Gasteiger partial charge in [-0.2, -0.15) is 5.10 Å². The molecule has 2 heterocycles. The second-order valence-corrected chi connectivity index (χ2v) is 7.65. The van der Waals surface area contributed by atoms with Gasteiger partial charge in [0, 0.05) is 25.9 Å². The molecule has 28 heavy (non-hydrogen) atoms. The van der Waals surface area contributed by atoms with Crippen LogP contribution >= 0.6 is 0 Å². The van der Waals surface area contributed by atoms with Crippen LogP contribution in [0.4, 0.5) is 14.6 Å². The highest BCUT2D eigenvalue weighted by Gasteiger charge is 2.22. The van der Waals surface area contributed by atoms with Crippen LogP contribution in [0.2, 0.25) is 0 Å². The third-order valence-corrected chi connectivity index (χ3v) is 4.22. The standard InChI is InChI=1S/C21H26F2N4O/c1-14(2)10-25-20-17-12-27(26-18(17)7-8-24-20)11-16-5-6-19(15(3)9-16)28-13-21(4,22)23/h5-9,12,14H,10-11,13H2,1-4H3,(H,24,25). The molecule has 0 atom stereocenters. The number of pyridine rings is 1. The molecule has 150 valence electrons. The quantitative estimate of drug-likeness (QED) is 0.597. The van der Waals surface area contributed by atoms with E-state index in [1.807, 2.05) is 36.0 Å².